The molecular formula is C23H18N2O4. The van der Waals surface area contributed by atoms with Crippen LogP contribution in [0.1, 0.15) is 5.56 Å². The Morgan fingerprint density at radius 3 is 2.31 bits per heavy atom. The molecule has 3 aromatic rings. The van der Waals surface area contributed by atoms with Gasteiger partial charge < -0.3 is 14.8 Å². The Morgan fingerprint density at radius 2 is 1.59 bits per heavy atom. The summed E-state index contributed by atoms with van der Waals surface area (Å²) in [5.74, 6) is -0.627. The molecule has 0 aliphatic carbocycles. The van der Waals surface area contributed by atoms with Crippen molar-refractivity contribution in [3.05, 3.63) is 84.4 Å². The number of carbonyl (C=O) groups excluding carboxylic acids is 2. The molecule has 6 heteroatoms. The number of amides is 1. The topological polar surface area (TPSA) is 88.4 Å². The molecule has 0 fully saturated rings. The van der Waals surface area contributed by atoms with Crippen LogP contribution in [0.3, 0.4) is 0 Å². The molecule has 0 saturated heterocycles. The van der Waals surface area contributed by atoms with E-state index in [1.165, 1.54) is 6.07 Å². The van der Waals surface area contributed by atoms with Crippen molar-refractivity contribution in [2.45, 2.75) is 0 Å². The van der Waals surface area contributed by atoms with Gasteiger partial charge in [-0.15, -0.1) is 0 Å². The second-order valence-electron chi connectivity index (χ2n) is 6.08. The molecule has 0 saturated carbocycles. The van der Waals surface area contributed by atoms with Crippen LogP contribution in [0, 0.1) is 11.3 Å². The third kappa shape index (κ3) is 5.94. The lowest BCUT2D eigenvalue weighted by Crippen LogP contribution is -2.23. The molecule has 0 bridgehead atoms. The fourth-order valence-corrected chi connectivity index (χ4v) is 2.57. The van der Waals surface area contributed by atoms with Crippen LogP contribution in [0.4, 0.5) is 5.69 Å². The van der Waals surface area contributed by atoms with Gasteiger partial charge in [-0.25, -0.2) is 4.79 Å². The Morgan fingerprint density at radius 1 is 0.862 bits per heavy atom. The van der Waals surface area contributed by atoms with Crippen LogP contribution in [0.15, 0.2) is 78.9 Å². The molecule has 3 aromatic carbocycles. The van der Waals surface area contributed by atoms with E-state index in [1.807, 2.05) is 48.5 Å². The molecule has 0 aromatic heterocycles. The number of nitriles is 1. The standard InChI is InChI=1S/C23H18N2O4/c24-14-17-5-4-8-20(13-17)25-22(26)15-29-23(27)16-28-21-11-9-19(10-12-21)18-6-2-1-3-7-18/h1-13H,15-16H2,(H,25,26). The molecule has 0 spiro atoms. The largest absolute Gasteiger partial charge is 0.482 e. The maximum Gasteiger partial charge on any atom is 0.344 e. The monoisotopic (exact) mass is 386 g/mol. The normalized spacial score (nSPS) is 9.90. The second kappa shape index (κ2) is 9.72. The zero-order chi connectivity index (χ0) is 20.5. The lowest BCUT2D eigenvalue weighted by Gasteiger charge is -2.09. The zero-order valence-electron chi connectivity index (χ0n) is 15.5. The summed E-state index contributed by atoms with van der Waals surface area (Å²) in [7, 11) is 0. The lowest BCUT2D eigenvalue weighted by molar-refractivity contribution is -0.149. The highest BCUT2D eigenvalue weighted by molar-refractivity contribution is 5.93. The highest BCUT2D eigenvalue weighted by Gasteiger charge is 2.09. The fourth-order valence-electron chi connectivity index (χ4n) is 2.57. The van der Waals surface area contributed by atoms with Crippen molar-refractivity contribution < 1.29 is 19.1 Å². The van der Waals surface area contributed by atoms with Crippen LogP contribution >= 0.6 is 0 Å². The molecule has 0 heterocycles. The van der Waals surface area contributed by atoms with Gasteiger partial charge in [-0.2, -0.15) is 5.26 Å². The first-order valence-corrected chi connectivity index (χ1v) is 8.88. The number of hydrogen-bond donors (Lipinski definition) is 1. The van der Waals surface area contributed by atoms with E-state index < -0.39 is 18.5 Å². The molecule has 1 N–H and O–H groups in total. The average molecular weight is 386 g/mol. The average Bonchev–Trinajstić information content (AvgIpc) is 2.77. The first kappa shape index (κ1) is 19.6. The molecule has 29 heavy (non-hydrogen) atoms. The minimum Gasteiger partial charge on any atom is -0.482 e. The predicted molar refractivity (Wildman–Crippen MR) is 108 cm³/mol. The van der Waals surface area contributed by atoms with E-state index in [2.05, 4.69) is 5.32 Å². The van der Waals surface area contributed by atoms with E-state index in [1.54, 1.807) is 30.3 Å². The van der Waals surface area contributed by atoms with Crippen molar-refractivity contribution in [3.63, 3.8) is 0 Å². The van der Waals surface area contributed by atoms with Gasteiger partial charge in [-0.3, -0.25) is 4.79 Å². The Hall–Kier alpha value is -4.11. The van der Waals surface area contributed by atoms with Crippen LogP contribution in [0.5, 0.6) is 5.75 Å². The van der Waals surface area contributed by atoms with Crippen LogP contribution < -0.4 is 10.1 Å². The molecule has 0 atom stereocenters. The Labute approximate surface area is 168 Å². The number of esters is 1. The summed E-state index contributed by atoms with van der Waals surface area (Å²) in [5, 5.41) is 11.4. The van der Waals surface area contributed by atoms with E-state index in [4.69, 9.17) is 14.7 Å². The van der Waals surface area contributed by atoms with Crippen LogP contribution in [-0.2, 0) is 14.3 Å². The Balaban J connectivity index is 1.42. The number of carbonyl (C=O) groups is 2. The first-order chi connectivity index (χ1) is 14.1. The van der Waals surface area contributed by atoms with Gasteiger partial charge in [0.1, 0.15) is 5.75 Å². The van der Waals surface area contributed by atoms with Crippen LogP contribution in [-0.4, -0.2) is 25.1 Å². The maximum atomic E-state index is 11.9. The van der Waals surface area contributed by atoms with Gasteiger partial charge in [-0.1, -0.05) is 48.5 Å². The Kier molecular flexibility index (Phi) is 6.58. The number of rotatable bonds is 7. The highest BCUT2D eigenvalue weighted by Crippen LogP contribution is 2.22. The highest BCUT2D eigenvalue weighted by atomic mass is 16.6. The summed E-state index contributed by atoms with van der Waals surface area (Å²) in [5.41, 5.74) is 3.01. The number of nitrogens with zero attached hydrogens (tertiary/aromatic N) is 1. The molecule has 144 valence electrons. The summed E-state index contributed by atoms with van der Waals surface area (Å²) in [6, 6.07) is 25.7. The molecule has 0 unspecified atom stereocenters. The number of benzene rings is 3. The van der Waals surface area contributed by atoms with Crippen LogP contribution in [0.25, 0.3) is 11.1 Å². The van der Waals surface area contributed by atoms with Gasteiger partial charge in [0.2, 0.25) is 0 Å². The number of hydrogen-bond acceptors (Lipinski definition) is 5. The van der Waals surface area contributed by atoms with Crippen molar-refractivity contribution in [2.75, 3.05) is 18.5 Å². The van der Waals surface area contributed by atoms with E-state index in [0.717, 1.165) is 11.1 Å². The molecule has 3 rings (SSSR count). The summed E-state index contributed by atoms with van der Waals surface area (Å²) < 4.78 is 10.3. The molecule has 0 aliphatic rings. The SMILES string of the molecule is N#Cc1cccc(NC(=O)COC(=O)COc2ccc(-c3ccccc3)cc2)c1. The van der Waals surface area contributed by atoms with Gasteiger partial charge >= 0.3 is 5.97 Å². The summed E-state index contributed by atoms with van der Waals surface area (Å²) in [4.78, 5) is 23.6. The minimum atomic E-state index is -0.655. The molecule has 1 amide bonds. The Bertz CT molecular complexity index is 1020. The van der Waals surface area contributed by atoms with Crippen molar-refractivity contribution >= 4 is 17.6 Å². The lowest BCUT2D eigenvalue weighted by atomic mass is 10.1. The van der Waals surface area contributed by atoms with Gasteiger partial charge in [0.05, 0.1) is 11.6 Å². The van der Waals surface area contributed by atoms with Gasteiger partial charge in [0.15, 0.2) is 13.2 Å². The predicted octanol–water partition coefficient (Wildman–Crippen LogP) is 3.79. The molecular weight excluding hydrogens is 368 g/mol. The van der Waals surface area contributed by atoms with Gasteiger partial charge in [0.25, 0.3) is 5.91 Å². The van der Waals surface area contributed by atoms with Crippen molar-refractivity contribution in [1.29, 1.82) is 5.26 Å². The summed E-state index contributed by atoms with van der Waals surface area (Å²) in [6.07, 6.45) is 0. The fraction of sp³-hybridized carbons (Fsp3) is 0.0870. The zero-order valence-corrected chi connectivity index (χ0v) is 15.5. The third-order valence-corrected chi connectivity index (χ3v) is 3.96. The summed E-state index contributed by atoms with van der Waals surface area (Å²) in [6.45, 7) is -0.742. The quantitative estimate of drug-likeness (QED) is 0.624. The number of ether oxygens (including phenoxy) is 2. The van der Waals surface area contributed by atoms with Crippen molar-refractivity contribution in [1.82, 2.24) is 0 Å². The number of anilines is 1. The second-order valence-corrected chi connectivity index (χ2v) is 6.08. The summed E-state index contributed by atoms with van der Waals surface area (Å²) >= 11 is 0. The molecule has 0 aliphatic heterocycles. The third-order valence-electron chi connectivity index (χ3n) is 3.96. The first-order valence-electron chi connectivity index (χ1n) is 8.88. The molecule has 0 radical (unpaired) electrons. The number of nitrogens with one attached hydrogen (secondary N) is 1. The maximum absolute atomic E-state index is 11.9. The van der Waals surface area contributed by atoms with E-state index in [-0.39, 0.29) is 6.61 Å². The van der Waals surface area contributed by atoms with Crippen LogP contribution in [0.2, 0.25) is 0 Å². The smallest absolute Gasteiger partial charge is 0.344 e. The van der Waals surface area contributed by atoms with Gasteiger partial charge in [-0.05, 0) is 41.5 Å². The van der Waals surface area contributed by atoms with Gasteiger partial charge in [0, 0.05) is 5.69 Å². The van der Waals surface area contributed by atoms with E-state index in [0.29, 0.717) is 17.0 Å². The molecule has 6 nitrogen and oxygen atoms in total. The van der Waals surface area contributed by atoms with E-state index in [9.17, 15) is 9.59 Å². The van der Waals surface area contributed by atoms with Crippen molar-refractivity contribution in [2.24, 2.45) is 0 Å². The van der Waals surface area contributed by atoms with Crippen molar-refractivity contribution in [3.8, 4) is 22.9 Å². The van der Waals surface area contributed by atoms with E-state index >= 15 is 0 Å². The minimum absolute atomic E-state index is 0.304.